The first-order valence-electron chi connectivity index (χ1n) is 5.56. The highest BCUT2D eigenvalue weighted by Crippen LogP contribution is 2.22. The van der Waals surface area contributed by atoms with Crippen LogP contribution < -0.4 is 15.8 Å². The van der Waals surface area contributed by atoms with Gasteiger partial charge in [-0.15, -0.1) is 0 Å². The zero-order valence-corrected chi connectivity index (χ0v) is 11.5. The van der Waals surface area contributed by atoms with Gasteiger partial charge in [-0.25, -0.2) is 0 Å². The summed E-state index contributed by atoms with van der Waals surface area (Å²) in [5, 5.41) is 28.7. The number of nitrogens with one attached hydrogen (secondary N) is 2. The van der Waals surface area contributed by atoms with E-state index in [-0.39, 0.29) is 0 Å². The lowest BCUT2D eigenvalue weighted by atomic mass is 10.2. The predicted molar refractivity (Wildman–Crippen MR) is 75.7 cm³/mol. The van der Waals surface area contributed by atoms with Crippen LogP contribution in [-0.2, 0) is 4.74 Å². The standard InChI is InChI=1S/C11H14N4O4S/c1-19-5-4-12-11(20)14-13-7-8-2-3-10(16)9(6-8)15(17)18/h2-3,6-7,16H,4-5H2,1H3,(H2,12,14,20)/p-1/b13-7-. The van der Waals surface area contributed by atoms with Gasteiger partial charge in [-0.1, -0.05) is 12.1 Å². The molecule has 1 aromatic rings. The van der Waals surface area contributed by atoms with E-state index >= 15 is 0 Å². The number of rotatable bonds is 6. The second-order valence-corrected chi connectivity index (χ2v) is 4.01. The third-order valence-electron chi connectivity index (χ3n) is 2.15. The number of nitro benzene ring substituents is 1. The number of benzene rings is 1. The van der Waals surface area contributed by atoms with Crippen LogP contribution in [0.3, 0.4) is 0 Å². The van der Waals surface area contributed by atoms with Crippen molar-refractivity contribution >= 4 is 29.2 Å². The third-order valence-corrected chi connectivity index (χ3v) is 2.39. The largest absolute Gasteiger partial charge is 0.868 e. The summed E-state index contributed by atoms with van der Waals surface area (Å²) in [7, 11) is 1.57. The van der Waals surface area contributed by atoms with Crippen LogP contribution in [-0.4, -0.2) is 36.5 Å². The first kappa shape index (κ1) is 15.8. The fraction of sp³-hybridized carbons (Fsp3) is 0.273. The lowest BCUT2D eigenvalue weighted by molar-refractivity contribution is -0.398. The van der Waals surface area contributed by atoms with Crippen molar-refractivity contribution in [2.45, 2.75) is 0 Å². The van der Waals surface area contributed by atoms with E-state index in [1.165, 1.54) is 12.3 Å². The van der Waals surface area contributed by atoms with Crippen molar-refractivity contribution in [2.75, 3.05) is 20.3 Å². The molecule has 0 saturated heterocycles. The van der Waals surface area contributed by atoms with E-state index < -0.39 is 16.4 Å². The van der Waals surface area contributed by atoms with Gasteiger partial charge in [-0.3, -0.25) is 15.5 Å². The average molecular weight is 297 g/mol. The molecule has 0 fully saturated rings. The second kappa shape index (κ2) is 8.02. The molecule has 0 unspecified atom stereocenters. The highest BCUT2D eigenvalue weighted by atomic mass is 32.1. The molecule has 0 spiro atoms. The van der Waals surface area contributed by atoms with Crippen LogP contribution in [0.4, 0.5) is 5.69 Å². The van der Waals surface area contributed by atoms with Crippen LogP contribution in [0.2, 0.25) is 0 Å². The van der Waals surface area contributed by atoms with Crippen LogP contribution >= 0.6 is 12.2 Å². The topological polar surface area (TPSA) is 112 Å². The molecule has 0 aromatic heterocycles. The summed E-state index contributed by atoms with van der Waals surface area (Å²) >= 11 is 4.92. The van der Waals surface area contributed by atoms with E-state index in [4.69, 9.17) is 17.0 Å². The Bertz CT molecular complexity index is 521. The minimum absolute atomic E-state index is 0.299. The van der Waals surface area contributed by atoms with Crippen LogP contribution in [0, 0.1) is 10.1 Å². The van der Waals surface area contributed by atoms with E-state index in [9.17, 15) is 15.2 Å². The summed E-state index contributed by atoms with van der Waals surface area (Å²) in [6.07, 6.45) is 1.33. The SMILES string of the molecule is COCCNC(=S)N/N=C\c1ccc([O-])c([N+](=O)[O-])c1. The lowest BCUT2D eigenvalue weighted by Crippen LogP contribution is -2.34. The van der Waals surface area contributed by atoms with Crippen LogP contribution in [0.5, 0.6) is 5.75 Å². The van der Waals surface area contributed by atoms with Gasteiger partial charge in [0, 0.05) is 25.3 Å². The van der Waals surface area contributed by atoms with E-state index in [0.717, 1.165) is 12.1 Å². The molecule has 0 saturated carbocycles. The second-order valence-electron chi connectivity index (χ2n) is 3.60. The Morgan fingerprint density at radius 1 is 1.60 bits per heavy atom. The zero-order chi connectivity index (χ0) is 15.0. The molecule has 0 atom stereocenters. The fourth-order valence-electron chi connectivity index (χ4n) is 1.23. The zero-order valence-electron chi connectivity index (χ0n) is 10.7. The summed E-state index contributed by atoms with van der Waals surface area (Å²) < 4.78 is 4.83. The Morgan fingerprint density at radius 2 is 2.35 bits per heavy atom. The number of methoxy groups -OCH3 is 1. The Morgan fingerprint density at radius 3 is 3.00 bits per heavy atom. The Labute approximate surface area is 120 Å². The molecule has 0 amide bonds. The molecule has 0 bridgehead atoms. The predicted octanol–water partition coefficient (Wildman–Crippen LogP) is 0.113. The molecule has 108 valence electrons. The molecule has 0 aliphatic rings. The monoisotopic (exact) mass is 297 g/mol. The van der Waals surface area contributed by atoms with E-state index in [1.807, 2.05) is 0 Å². The first-order valence-corrected chi connectivity index (χ1v) is 5.96. The smallest absolute Gasteiger partial charge is 0.262 e. The molecule has 0 radical (unpaired) electrons. The molecule has 2 N–H and O–H groups in total. The average Bonchev–Trinajstić information content (AvgIpc) is 2.40. The van der Waals surface area contributed by atoms with Gasteiger partial charge in [0.2, 0.25) is 0 Å². The van der Waals surface area contributed by atoms with Crippen molar-refractivity contribution in [2.24, 2.45) is 5.10 Å². The highest BCUT2D eigenvalue weighted by molar-refractivity contribution is 7.80. The molecular formula is C11H13N4O4S-. The maximum Gasteiger partial charge on any atom is 0.262 e. The molecule has 20 heavy (non-hydrogen) atoms. The number of nitro groups is 1. The number of ether oxygens (including phenoxy) is 1. The van der Waals surface area contributed by atoms with Crippen molar-refractivity contribution in [1.82, 2.24) is 10.7 Å². The summed E-state index contributed by atoms with van der Waals surface area (Å²) in [6, 6.07) is 3.70. The molecule has 0 heterocycles. The van der Waals surface area contributed by atoms with Crippen LogP contribution in [0.1, 0.15) is 5.56 Å². The molecular weight excluding hydrogens is 284 g/mol. The van der Waals surface area contributed by atoms with Gasteiger partial charge in [0.05, 0.1) is 17.7 Å². The van der Waals surface area contributed by atoms with Gasteiger partial charge < -0.3 is 15.2 Å². The van der Waals surface area contributed by atoms with Crippen LogP contribution in [0.25, 0.3) is 0 Å². The van der Waals surface area contributed by atoms with Crippen molar-refractivity contribution < 1.29 is 14.8 Å². The van der Waals surface area contributed by atoms with Crippen molar-refractivity contribution in [3.05, 3.63) is 33.9 Å². The number of hydrogen-bond acceptors (Lipinski definition) is 6. The van der Waals surface area contributed by atoms with Crippen molar-refractivity contribution in [3.63, 3.8) is 0 Å². The quantitative estimate of drug-likeness (QED) is 0.252. The van der Waals surface area contributed by atoms with E-state index in [0.29, 0.717) is 23.8 Å². The van der Waals surface area contributed by atoms with E-state index in [1.54, 1.807) is 7.11 Å². The number of hydrazone groups is 1. The summed E-state index contributed by atoms with van der Waals surface area (Å²) in [5.41, 5.74) is 2.47. The van der Waals surface area contributed by atoms with Gasteiger partial charge in [0.1, 0.15) is 0 Å². The first-order chi connectivity index (χ1) is 9.54. The highest BCUT2D eigenvalue weighted by Gasteiger charge is 2.06. The number of thiocarbonyl (C=S) groups is 1. The molecule has 0 aliphatic carbocycles. The van der Waals surface area contributed by atoms with E-state index in [2.05, 4.69) is 15.8 Å². The van der Waals surface area contributed by atoms with Gasteiger partial charge in [-0.2, -0.15) is 5.10 Å². The van der Waals surface area contributed by atoms with Gasteiger partial charge in [0.25, 0.3) is 5.69 Å². The molecule has 1 rings (SSSR count). The Balaban J connectivity index is 2.56. The third kappa shape index (κ3) is 5.16. The summed E-state index contributed by atoms with van der Waals surface area (Å²) in [5.74, 6) is -0.642. The van der Waals surface area contributed by atoms with Crippen LogP contribution in [0.15, 0.2) is 23.3 Å². The normalized spacial score (nSPS) is 10.4. The minimum Gasteiger partial charge on any atom is -0.868 e. The van der Waals surface area contributed by atoms with Gasteiger partial charge >= 0.3 is 0 Å². The molecule has 8 nitrogen and oxygen atoms in total. The van der Waals surface area contributed by atoms with Gasteiger partial charge in [0.15, 0.2) is 5.11 Å². The maximum atomic E-state index is 11.2. The van der Waals surface area contributed by atoms with Crippen molar-refractivity contribution in [1.29, 1.82) is 0 Å². The van der Waals surface area contributed by atoms with Crippen molar-refractivity contribution in [3.8, 4) is 5.75 Å². The number of nitrogens with zero attached hydrogens (tertiary/aromatic N) is 2. The maximum absolute atomic E-state index is 11.2. The Kier molecular flexibility index (Phi) is 6.33. The number of hydrogen-bond donors (Lipinski definition) is 2. The summed E-state index contributed by atoms with van der Waals surface area (Å²) in [6.45, 7) is 1.04. The minimum atomic E-state index is -0.732. The Hall–Kier alpha value is -2.26. The molecule has 0 aliphatic heterocycles. The summed E-state index contributed by atoms with van der Waals surface area (Å²) in [4.78, 5) is 9.87. The van der Waals surface area contributed by atoms with Gasteiger partial charge in [-0.05, 0) is 18.0 Å². The lowest BCUT2D eigenvalue weighted by Gasteiger charge is -2.07. The molecule has 1 aromatic carbocycles. The fourth-order valence-corrected chi connectivity index (χ4v) is 1.38. The molecule has 9 heteroatoms.